The molecule has 1 unspecified atom stereocenters. The van der Waals surface area contributed by atoms with Crippen molar-refractivity contribution in [3.63, 3.8) is 0 Å². The number of hydrogen-bond acceptors (Lipinski definition) is 4. The number of thiazole rings is 1. The Morgan fingerprint density at radius 2 is 2.17 bits per heavy atom. The number of nitrogens with zero attached hydrogens (tertiary/aromatic N) is 1. The molecule has 98 valence electrons. The molecule has 0 fully saturated rings. The van der Waals surface area contributed by atoms with Crippen molar-refractivity contribution in [2.24, 2.45) is 0 Å². The first-order valence-electron chi connectivity index (χ1n) is 5.17. The molecular weight excluding hydrogens is 265 g/mol. The van der Waals surface area contributed by atoms with Crippen LogP contribution in [0.1, 0.15) is 27.3 Å². The number of alkyl halides is 3. The highest BCUT2D eigenvalue weighted by atomic mass is 32.1. The second-order valence-electron chi connectivity index (χ2n) is 3.78. The average Bonchev–Trinajstić information content (AvgIpc) is 2.88. The van der Waals surface area contributed by atoms with Crippen LogP contribution in [0.4, 0.5) is 13.2 Å². The van der Waals surface area contributed by atoms with Gasteiger partial charge in [-0.15, -0.1) is 11.3 Å². The van der Waals surface area contributed by atoms with Gasteiger partial charge in [0.1, 0.15) is 5.76 Å². The molecule has 0 spiro atoms. The van der Waals surface area contributed by atoms with E-state index >= 15 is 0 Å². The maximum Gasteiger partial charge on any atom is 0.443 e. The zero-order valence-electron chi connectivity index (χ0n) is 9.71. The second kappa shape index (κ2) is 4.74. The Hall–Kier alpha value is -1.34. The summed E-state index contributed by atoms with van der Waals surface area (Å²) in [5.74, 6) is 0.714. The predicted molar refractivity (Wildman–Crippen MR) is 61.5 cm³/mol. The number of rotatable bonds is 3. The zero-order valence-corrected chi connectivity index (χ0v) is 10.5. The van der Waals surface area contributed by atoms with Crippen LogP contribution in [0.3, 0.4) is 0 Å². The number of aromatic nitrogens is 1. The first-order chi connectivity index (χ1) is 8.41. The molecule has 2 aromatic heterocycles. The summed E-state index contributed by atoms with van der Waals surface area (Å²) >= 11 is 0.636. The van der Waals surface area contributed by atoms with Crippen LogP contribution in [0.25, 0.3) is 0 Å². The van der Waals surface area contributed by atoms with Gasteiger partial charge in [-0.1, -0.05) is 0 Å². The van der Waals surface area contributed by atoms with E-state index in [0.29, 0.717) is 22.0 Å². The summed E-state index contributed by atoms with van der Waals surface area (Å²) in [7, 11) is 1.68. The number of aryl methyl sites for hydroxylation is 1. The van der Waals surface area contributed by atoms with Gasteiger partial charge in [-0.3, -0.25) is 0 Å². The van der Waals surface area contributed by atoms with Gasteiger partial charge in [-0.25, -0.2) is 4.98 Å². The lowest BCUT2D eigenvalue weighted by Gasteiger charge is -2.11. The summed E-state index contributed by atoms with van der Waals surface area (Å²) in [5, 5.41) is 2.12. The van der Waals surface area contributed by atoms with E-state index in [4.69, 9.17) is 4.42 Å². The Kier molecular flexibility index (Phi) is 3.45. The summed E-state index contributed by atoms with van der Waals surface area (Å²) in [4.78, 5) is 3.92. The second-order valence-corrected chi connectivity index (χ2v) is 4.84. The molecule has 18 heavy (non-hydrogen) atoms. The lowest BCUT2D eigenvalue weighted by atomic mass is 10.1. The van der Waals surface area contributed by atoms with Crippen molar-refractivity contribution in [2.45, 2.75) is 19.1 Å². The molecule has 1 atom stereocenters. The molecule has 0 aliphatic carbocycles. The van der Waals surface area contributed by atoms with Crippen LogP contribution in [0, 0.1) is 6.92 Å². The molecule has 3 nitrogen and oxygen atoms in total. The Balaban J connectivity index is 2.31. The van der Waals surface area contributed by atoms with Crippen LogP contribution in [0.5, 0.6) is 0 Å². The van der Waals surface area contributed by atoms with E-state index in [-0.39, 0.29) is 6.04 Å². The third kappa shape index (κ3) is 2.56. The molecule has 2 heterocycles. The van der Waals surface area contributed by atoms with Crippen LogP contribution in [0.2, 0.25) is 0 Å². The van der Waals surface area contributed by atoms with Gasteiger partial charge in [0.05, 0.1) is 12.3 Å². The van der Waals surface area contributed by atoms with Crippen molar-refractivity contribution in [1.82, 2.24) is 10.3 Å². The minimum Gasteiger partial charge on any atom is -0.469 e. The van der Waals surface area contributed by atoms with E-state index < -0.39 is 11.2 Å². The SMILES string of the molecule is CNC(c1coc(C)c1)c1cnc(C(F)(F)F)s1. The van der Waals surface area contributed by atoms with Crippen LogP contribution in [0.15, 0.2) is 22.9 Å². The van der Waals surface area contributed by atoms with Crippen LogP contribution >= 0.6 is 11.3 Å². The smallest absolute Gasteiger partial charge is 0.443 e. The van der Waals surface area contributed by atoms with Crippen LogP contribution in [-0.4, -0.2) is 12.0 Å². The number of halogens is 3. The summed E-state index contributed by atoms with van der Waals surface area (Å²) in [6, 6.07) is 1.45. The van der Waals surface area contributed by atoms with E-state index in [1.165, 1.54) is 12.5 Å². The fraction of sp³-hybridized carbons (Fsp3) is 0.364. The van der Waals surface area contributed by atoms with E-state index in [1.807, 2.05) is 0 Å². The van der Waals surface area contributed by atoms with Crippen molar-refractivity contribution in [1.29, 1.82) is 0 Å². The third-order valence-electron chi connectivity index (χ3n) is 2.42. The molecule has 0 aromatic carbocycles. The molecule has 0 saturated carbocycles. The number of hydrogen-bond donors (Lipinski definition) is 1. The van der Waals surface area contributed by atoms with E-state index in [1.54, 1.807) is 20.0 Å². The van der Waals surface area contributed by atoms with Crippen LogP contribution < -0.4 is 5.32 Å². The average molecular weight is 276 g/mol. The number of nitrogens with one attached hydrogen (secondary N) is 1. The fourth-order valence-corrected chi connectivity index (χ4v) is 2.56. The van der Waals surface area contributed by atoms with Gasteiger partial charge in [0.15, 0.2) is 5.01 Å². The van der Waals surface area contributed by atoms with Crippen molar-refractivity contribution < 1.29 is 17.6 Å². The molecule has 2 aromatic rings. The van der Waals surface area contributed by atoms with Crippen molar-refractivity contribution >= 4 is 11.3 Å². The summed E-state index contributed by atoms with van der Waals surface area (Å²) in [5.41, 5.74) is 0.785. The first kappa shape index (κ1) is 13.1. The molecule has 0 aliphatic rings. The van der Waals surface area contributed by atoms with E-state index in [9.17, 15) is 13.2 Å². The molecule has 0 bridgehead atoms. The zero-order chi connectivity index (χ0) is 13.3. The van der Waals surface area contributed by atoms with Gasteiger partial charge in [-0.05, 0) is 20.0 Å². The van der Waals surface area contributed by atoms with Gasteiger partial charge in [0, 0.05) is 16.6 Å². The molecule has 0 saturated heterocycles. The third-order valence-corrected chi connectivity index (χ3v) is 3.53. The molecule has 0 amide bonds. The van der Waals surface area contributed by atoms with Gasteiger partial charge >= 0.3 is 6.18 Å². The summed E-state index contributed by atoms with van der Waals surface area (Å²) in [6.07, 6.45) is -1.62. The molecule has 0 aliphatic heterocycles. The monoisotopic (exact) mass is 276 g/mol. The van der Waals surface area contributed by atoms with E-state index in [2.05, 4.69) is 10.3 Å². The molecule has 1 N–H and O–H groups in total. The Morgan fingerprint density at radius 1 is 1.44 bits per heavy atom. The molecule has 7 heteroatoms. The molecular formula is C11H11F3N2OS. The Morgan fingerprint density at radius 3 is 2.61 bits per heavy atom. The minimum absolute atomic E-state index is 0.337. The standard InChI is InChI=1S/C11H11F3N2OS/c1-6-3-7(5-17-6)9(15-2)8-4-16-10(18-8)11(12,13)14/h3-5,9,15H,1-2H3. The maximum absolute atomic E-state index is 12.5. The largest absolute Gasteiger partial charge is 0.469 e. The van der Waals surface area contributed by atoms with Gasteiger partial charge in [0.25, 0.3) is 0 Å². The molecule has 2 rings (SSSR count). The number of furan rings is 1. The quantitative estimate of drug-likeness (QED) is 0.934. The van der Waals surface area contributed by atoms with Crippen molar-refractivity contribution in [2.75, 3.05) is 7.05 Å². The van der Waals surface area contributed by atoms with Crippen molar-refractivity contribution in [3.8, 4) is 0 Å². The Bertz CT molecular complexity index is 532. The normalized spacial score (nSPS) is 13.8. The van der Waals surface area contributed by atoms with Gasteiger partial charge in [-0.2, -0.15) is 13.2 Å². The Labute approximate surface area is 106 Å². The fourth-order valence-electron chi connectivity index (χ4n) is 1.64. The highest BCUT2D eigenvalue weighted by Crippen LogP contribution is 2.36. The lowest BCUT2D eigenvalue weighted by Crippen LogP contribution is -2.15. The van der Waals surface area contributed by atoms with E-state index in [0.717, 1.165) is 5.56 Å². The van der Waals surface area contributed by atoms with Crippen LogP contribution in [-0.2, 0) is 6.18 Å². The van der Waals surface area contributed by atoms with Gasteiger partial charge in [0.2, 0.25) is 0 Å². The van der Waals surface area contributed by atoms with Gasteiger partial charge < -0.3 is 9.73 Å². The summed E-state index contributed by atoms with van der Waals surface area (Å²) in [6.45, 7) is 1.78. The molecule has 0 radical (unpaired) electrons. The maximum atomic E-state index is 12.5. The highest BCUT2D eigenvalue weighted by molar-refractivity contribution is 7.11. The topological polar surface area (TPSA) is 38.1 Å². The minimum atomic E-state index is -4.40. The summed E-state index contributed by atoms with van der Waals surface area (Å²) < 4.78 is 42.6. The first-order valence-corrected chi connectivity index (χ1v) is 5.98. The lowest BCUT2D eigenvalue weighted by molar-refractivity contribution is -0.137. The predicted octanol–water partition coefficient (Wildman–Crippen LogP) is 3.37. The highest BCUT2D eigenvalue weighted by Gasteiger charge is 2.35. The van der Waals surface area contributed by atoms with Crippen molar-refractivity contribution in [3.05, 3.63) is 39.7 Å².